The second-order valence-corrected chi connectivity index (χ2v) is 10.3. The van der Waals surface area contributed by atoms with E-state index >= 15 is 0 Å². The van der Waals surface area contributed by atoms with Crippen LogP contribution in [0.25, 0.3) is 0 Å². The van der Waals surface area contributed by atoms with Crippen LogP contribution in [0.15, 0.2) is 0 Å². The monoisotopic (exact) mass is 214 g/mol. The van der Waals surface area contributed by atoms with Gasteiger partial charge in [-0.2, -0.15) is 0 Å². The van der Waals surface area contributed by atoms with Gasteiger partial charge >= 0.3 is 0 Å². The third-order valence-corrected chi connectivity index (χ3v) is 6.60. The maximum atomic E-state index is 10.7. The molecule has 0 aromatic carbocycles. The minimum atomic E-state index is -1.60. The van der Waals surface area contributed by atoms with Gasteiger partial charge in [0.25, 0.3) is 0 Å². The molecule has 0 radical (unpaired) electrons. The molecular formula is C11H22O2Si. The van der Waals surface area contributed by atoms with Crippen LogP contribution >= 0.6 is 0 Å². The molecule has 1 heterocycles. The van der Waals surface area contributed by atoms with Crippen molar-refractivity contribution in [2.24, 2.45) is 5.41 Å². The molecule has 2 atom stereocenters. The van der Waals surface area contributed by atoms with Crippen molar-refractivity contribution in [1.82, 2.24) is 0 Å². The third kappa shape index (κ3) is 1.37. The fraction of sp³-hybridized carbons (Fsp3) is 1.00. The lowest BCUT2D eigenvalue weighted by Crippen LogP contribution is -2.65. The molecular weight excluding hydrogens is 192 g/mol. The van der Waals surface area contributed by atoms with Gasteiger partial charge in [0, 0.05) is 5.41 Å². The van der Waals surface area contributed by atoms with Crippen molar-refractivity contribution >= 4 is 8.32 Å². The summed E-state index contributed by atoms with van der Waals surface area (Å²) in [4.78, 5) is 0. The summed E-state index contributed by atoms with van der Waals surface area (Å²) in [6.07, 6.45) is 3.51. The predicted octanol–water partition coefficient (Wildman–Crippen LogP) is 2.53. The highest BCUT2D eigenvalue weighted by Gasteiger charge is 2.58. The molecule has 1 saturated carbocycles. The molecule has 0 aromatic rings. The Hall–Kier alpha value is 0.137. The van der Waals surface area contributed by atoms with Gasteiger partial charge in [-0.3, -0.25) is 0 Å². The van der Waals surface area contributed by atoms with E-state index in [0.29, 0.717) is 0 Å². The molecule has 2 aliphatic rings. The number of rotatable bonds is 0. The largest absolute Gasteiger partial charge is 0.414 e. The zero-order valence-electron chi connectivity index (χ0n) is 9.76. The standard InChI is InChI=1S/C11H22O2Si/c1-10(2)9-6-5-7-11(10,12)8-14(3,4)13-9/h9,12H,5-8H2,1-4H3/t9-,11+/m0/s1. The first-order valence-corrected chi connectivity index (χ1v) is 8.79. The first-order valence-electron chi connectivity index (χ1n) is 5.67. The molecule has 2 rings (SSSR count). The lowest BCUT2D eigenvalue weighted by atomic mass is 9.64. The van der Waals surface area contributed by atoms with E-state index in [1.807, 2.05) is 0 Å². The molecule has 2 nitrogen and oxygen atoms in total. The summed E-state index contributed by atoms with van der Waals surface area (Å²) in [5.41, 5.74) is -0.502. The summed E-state index contributed by atoms with van der Waals surface area (Å²) in [7, 11) is -1.60. The second-order valence-electron chi connectivity index (χ2n) is 6.19. The molecule has 0 amide bonds. The van der Waals surface area contributed by atoms with Gasteiger partial charge in [0.05, 0.1) is 11.7 Å². The van der Waals surface area contributed by atoms with Gasteiger partial charge in [-0.05, 0) is 38.4 Å². The quantitative estimate of drug-likeness (QED) is 0.628. The smallest absolute Gasteiger partial charge is 0.190 e. The van der Waals surface area contributed by atoms with Crippen LogP contribution in [-0.4, -0.2) is 25.1 Å². The normalized spacial score (nSPS) is 44.8. The Labute approximate surface area is 87.8 Å². The van der Waals surface area contributed by atoms with Gasteiger partial charge in [-0.25, -0.2) is 0 Å². The molecule has 0 unspecified atom stereocenters. The van der Waals surface area contributed by atoms with Crippen molar-refractivity contribution < 1.29 is 9.53 Å². The van der Waals surface area contributed by atoms with Crippen LogP contribution in [0.1, 0.15) is 33.1 Å². The summed E-state index contributed by atoms with van der Waals surface area (Å²) in [5.74, 6) is 0. The zero-order chi connectivity index (χ0) is 10.6. The van der Waals surface area contributed by atoms with E-state index in [1.165, 1.54) is 0 Å². The molecule has 82 valence electrons. The predicted molar refractivity (Wildman–Crippen MR) is 59.7 cm³/mol. The Kier molecular flexibility index (Phi) is 2.15. The van der Waals surface area contributed by atoms with Crippen molar-refractivity contribution in [3.8, 4) is 0 Å². The number of fused-ring (bicyclic) bond motifs is 2. The van der Waals surface area contributed by atoms with Gasteiger partial charge < -0.3 is 9.53 Å². The molecule has 14 heavy (non-hydrogen) atoms. The topological polar surface area (TPSA) is 29.5 Å². The van der Waals surface area contributed by atoms with Crippen molar-refractivity contribution in [1.29, 1.82) is 0 Å². The number of hydrogen-bond donors (Lipinski definition) is 1. The van der Waals surface area contributed by atoms with Crippen LogP contribution < -0.4 is 0 Å². The van der Waals surface area contributed by atoms with E-state index in [-0.39, 0.29) is 11.5 Å². The zero-order valence-corrected chi connectivity index (χ0v) is 10.8. The number of aliphatic hydroxyl groups is 1. The van der Waals surface area contributed by atoms with E-state index in [4.69, 9.17) is 4.43 Å². The number of hydrogen-bond acceptors (Lipinski definition) is 2. The average molecular weight is 214 g/mol. The second kappa shape index (κ2) is 2.83. The van der Waals surface area contributed by atoms with Crippen LogP contribution in [0.3, 0.4) is 0 Å². The maximum absolute atomic E-state index is 10.7. The van der Waals surface area contributed by atoms with Gasteiger partial charge in [0.1, 0.15) is 0 Å². The van der Waals surface area contributed by atoms with Gasteiger partial charge in [-0.1, -0.05) is 13.8 Å². The highest BCUT2D eigenvalue weighted by molar-refractivity contribution is 6.71. The minimum Gasteiger partial charge on any atom is -0.414 e. The lowest BCUT2D eigenvalue weighted by Gasteiger charge is -2.58. The van der Waals surface area contributed by atoms with Crippen molar-refractivity contribution in [2.75, 3.05) is 0 Å². The molecule has 0 aromatic heterocycles. The van der Waals surface area contributed by atoms with Crippen molar-refractivity contribution in [2.45, 2.75) is 64.0 Å². The lowest BCUT2D eigenvalue weighted by molar-refractivity contribution is -0.159. The third-order valence-electron chi connectivity index (χ3n) is 4.24. The molecule has 1 saturated heterocycles. The Morgan fingerprint density at radius 1 is 1.36 bits per heavy atom. The molecule has 1 aliphatic heterocycles. The van der Waals surface area contributed by atoms with Crippen LogP contribution in [0.4, 0.5) is 0 Å². The average Bonchev–Trinajstić information content (AvgIpc) is 1.95. The summed E-state index contributed by atoms with van der Waals surface area (Å²) >= 11 is 0. The van der Waals surface area contributed by atoms with Crippen molar-refractivity contribution in [3.63, 3.8) is 0 Å². The minimum absolute atomic E-state index is 0.0478. The highest BCUT2D eigenvalue weighted by atomic mass is 28.4. The Morgan fingerprint density at radius 3 is 2.57 bits per heavy atom. The Morgan fingerprint density at radius 2 is 2.00 bits per heavy atom. The van der Waals surface area contributed by atoms with E-state index < -0.39 is 13.9 Å². The maximum Gasteiger partial charge on any atom is 0.190 e. The molecule has 3 heteroatoms. The Bertz CT molecular complexity index is 250. The molecule has 1 N–H and O–H groups in total. The first-order chi connectivity index (χ1) is 6.27. The molecule has 2 bridgehead atoms. The first kappa shape index (κ1) is 10.6. The van der Waals surface area contributed by atoms with Crippen LogP contribution in [0.2, 0.25) is 19.1 Å². The van der Waals surface area contributed by atoms with Gasteiger partial charge in [0.2, 0.25) is 0 Å². The van der Waals surface area contributed by atoms with Crippen molar-refractivity contribution in [3.05, 3.63) is 0 Å². The molecule has 2 fully saturated rings. The van der Waals surface area contributed by atoms with E-state index in [2.05, 4.69) is 26.9 Å². The van der Waals surface area contributed by atoms with Crippen LogP contribution in [0, 0.1) is 5.41 Å². The van der Waals surface area contributed by atoms with E-state index in [1.54, 1.807) is 0 Å². The van der Waals surface area contributed by atoms with E-state index in [9.17, 15) is 5.11 Å². The summed E-state index contributed by atoms with van der Waals surface area (Å²) < 4.78 is 6.20. The van der Waals surface area contributed by atoms with Crippen LogP contribution in [0.5, 0.6) is 0 Å². The summed E-state index contributed by atoms with van der Waals surface area (Å²) in [6, 6.07) is 0.906. The fourth-order valence-corrected chi connectivity index (χ4v) is 6.52. The SMILES string of the molecule is CC1(C)[C@@H]2CCC[C@@]1(O)C[Si](C)(C)O2. The van der Waals surface area contributed by atoms with Gasteiger partial charge in [0.15, 0.2) is 8.32 Å². The summed E-state index contributed by atoms with van der Waals surface area (Å²) in [6.45, 7) is 8.79. The highest BCUT2D eigenvalue weighted by Crippen LogP contribution is 2.53. The molecule has 0 spiro atoms. The van der Waals surface area contributed by atoms with Gasteiger partial charge in [-0.15, -0.1) is 0 Å². The van der Waals surface area contributed by atoms with Crippen LogP contribution in [-0.2, 0) is 4.43 Å². The fourth-order valence-electron chi connectivity index (χ4n) is 3.22. The summed E-state index contributed by atoms with van der Waals surface area (Å²) in [5, 5.41) is 10.7. The van der Waals surface area contributed by atoms with E-state index in [0.717, 1.165) is 25.3 Å². The Balaban J connectivity index is 2.34. The molecule has 1 aliphatic carbocycles.